The number of pyridine rings is 1. The van der Waals surface area contributed by atoms with Gasteiger partial charge in [0.2, 0.25) is 0 Å². The Labute approximate surface area is 144 Å². The lowest BCUT2D eigenvalue weighted by Gasteiger charge is -2.32. The van der Waals surface area contributed by atoms with Crippen LogP contribution in [0, 0.1) is 11.3 Å². The van der Waals surface area contributed by atoms with Gasteiger partial charge in [0, 0.05) is 18.3 Å². The topological polar surface area (TPSA) is 73.7 Å². The van der Waals surface area contributed by atoms with Crippen LogP contribution in [-0.2, 0) is 0 Å². The van der Waals surface area contributed by atoms with Crippen molar-refractivity contribution in [3.8, 4) is 0 Å². The van der Waals surface area contributed by atoms with Crippen molar-refractivity contribution in [1.29, 1.82) is 0 Å². The van der Waals surface area contributed by atoms with Crippen molar-refractivity contribution in [2.45, 2.75) is 65.0 Å². The summed E-state index contributed by atoms with van der Waals surface area (Å²) in [7, 11) is 0. The van der Waals surface area contributed by atoms with E-state index in [0.717, 1.165) is 19.3 Å². The maximum absolute atomic E-state index is 11.4. The number of aromatic nitrogens is 1. The largest absolute Gasteiger partial charge is 0.465 e. The quantitative estimate of drug-likeness (QED) is 0.822. The van der Waals surface area contributed by atoms with Crippen LogP contribution in [0.2, 0.25) is 0 Å². The normalized spacial score (nSPS) is 21.7. The first kappa shape index (κ1) is 18.7. The number of carbonyl (C=O) groups is 1. The molecule has 2 rings (SSSR count). The smallest absolute Gasteiger partial charge is 0.407 e. The molecule has 134 valence electrons. The van der Waals surface area contributed by atoms with Gasteiger partial charge in [-0.3, -0.25) is 4.98 Å². The van der Waals surface area contributed by atoms with Crippen LogP contribution in [0.3, 0.4) is 0 Å². The zero-order valence-electron chi connectivity index (χ0n) is 15.2. The summed E-state index contributed by atoms with van der Waals surface area (Å²) < 4.78 is 0. The second-order valence-electron chi connectivity index (χ2n) is 8.26. The van der Waals surface area contributed by atoms with Crippen molar-refractivity contribution in [3.63, 3.8) is 0 Å². The number of likely N-dealkylation sites (tertiary alicyclic amines) is 1. The zero-order valence-corrected chi connectivity index (χ0v) is 15.2. The van der Waals surface area contributed by atoms with Crippen LogP contribution in [0.15, 0.2) is 24.4 Å². The van der Waals surface area contributed by atoms with Crippen molar-refractivity contribution in [2.75, 3.05) is 6.54 Å². The van der Waals surface area contributed by atoms with Crippen LogP contribution in [-0.4, -0.2) is 38.3 Å². The van der Waals surface area contributed by atoms with Crippen molar-refractivity contribution in [1.82, 2.24) is 9.88 Å². The van der Waals surface area contributed by atoms with Crippen LogP contribution in [0.25, 0.3) is 0 Å². The maximum Gasteiger partial charge on any atom is 0.407 e. The van der Waals surface area contributed by atoms with E-state index in [1.807, 2.05) is 32.0 Å². The Morgan fingerprint density at radius 1 is 1.46 bits per heavy atom. The highest BCUT2D eigenvalue weighted by atomic mass is 16.4. The predicted molar refractivity (Wildman–Crippen MR) is 93.7 cm³/mol. The van der Waals surface area contributed by atoms with E-state index in [1.165, 1.54) is 0 Å². The van der Waals surface area contributed by atoms with Crippen molar-refractivity contribution in [2.24, 2.45) is 11.3 Å². The summed E-state index contributed by atoms with van der Waals surface area (Å²) in [4.78, 5) is 17.2. The summed E-state index contributed by atoms with van der Waals surface area (Å²) >= 11 is 0. The van der Waals surface area contributed by atoms with E-state index >= 15 is 0 Å². The van der Waals surface area contributed by atoms with Crippen LogP contribution < -0.4 is 0 Å². The number of carboxylic acid groups (broad SMARTS) is 1. The molecule has 1 aliphatic heterocycles. The average molecular weight is 334 g/mol. The summed E-state index contributed by atoms with van der Waals surface area (Å²) in [5.74, 6) is 0.343. The van der Waals surface area contributed by atoms with Gasteiger partial charge >= 0.3 is 6.09 Å². The van der Waals surface area contributed by atoms with Gasteiger partial charge in [0.25, 0.3) is 0 Å². The number of amides is 1. The molecule has 0 aromatic carbocycles. The molecule has 24 heavy (non-hydrogen) atoms. The van der Waals surface area contributed by atoms with Crippen LogP contribution in [0.4, 0.5) is 4.79 Å². The molecule has 5 nitrogen and oxygen atoms in total. The molecule has 1 amide bonds. The summed E-state index contributed by atoms with van der Waals surface area (Å²) in [6, 6.07) is 5.58. The number of hydrogen-bond acceptors (Lipinski definition) is 3. The molecule has 0 aliphatic carbocycles. The molecule has 0 bridgehead atoms. The lowest BCUT2D eigenvalue weighted by molar-refractivity contribution is 0.114. The first-order valence-electron chi connectivity index (χ1n) is 8.73. The first-order chi connectivity index (χ1) is 11.1. The Morgan fingerprint density at radius 2 is 2.17 bits per heavy atom. The van der Waals surface area contributed by atoms with E-state index in [2.05, 4.69) is 18.8 Å². The fourth-order valence-corrected chi connectivity index (χ4v) is 3.78. The minimum atomic E-state index is -0.830. The fraction of sp³-hybridized carbons (Fsp3) is 0.684. The van der Waals surface area contributed by atoms with E-state index < -0.39 is 12.2 Å². The van der Waals surface area contributed by atoms with E-state index in [9.17, 15) is 15.0 Å². The third kappa shape index (κ3) is 4.26. The van der Waals surface area contributed by atoms with E-state index in [-0.39, 0.29) is 11.0 Å². The summed E-state index contributed by atoms with van der Waals surface area (Å²) in [6.45, 7) is 9.03. The molecule has 2 heterocycles. The molecular weight excluding hydrogens is 304 g/mol. The lowest BCUT2D eigenvalue weighted by atomic mass is 9.73. The molecule has 0 radical (unpaired) electrons. The summed E-state index contributed by atoms with van der Waals surface area (Å²) in [6.07, 6.45) is 3.76. The van der Waals surface area contributed by atoms with Gasteiger partial charge in [0.1, 0.15) is 0 Å². The van der Waals surface area contributed by atoms with Gasteiger partial charge in [-0.1, -0.05) is 19.9 Å². The fourth-order valence-electron chi connectivity index (χ4n) is 3.78. The SMILES string of the molecule is CC(C)(CCCC(O)c1ccccn1)[C@H]1CN(C(=O)O)C(C)(C)C1. The molecule has 1 saturated heterocycles. The van der Waals surface area contributed by atoms with E-state index in [0.29, 0.717) is 24.6 Å². The molecule has 1 aliphatic rings. The maximum atomic E-state index is 11.4. The van der Waals surface area contributed by atoms with Crippen LogP contribution in [0.5, 0.6) is 0 Å². The third-order valence-corrected chi connectivity index (χ3v) is 5.54. The third-order valence-electron chi connectivity index (χ3n) is 5.54. The van der Waals surface area contributed by atoms with E-state index in [4.69, 9.17) is 0 Å². The molecule has 0 saturated carbocycles. The molecule has 2 N–H and O–H groups in total. The molecule has 1 aromatic rings. The van der Waals surface area contributed by atoms with Gasteiger partial charge in [-0.2, -0.15) is 0 Å². The van der Waals surface area contributed by atoms with Gasteiger partial charge in [0.15, 0.2) is 0 Å². The number of rotatable bonds is 6. The van der Waals surface area contributed by atoms with Crippen molar-refractivity contribution in [3.05, 3.63) is 30.1 Å². The summed E-state index contributed by atoms with van der Waals surface area (Å²) in [5.41, 5.74) is 0.460. The molecule has 1 aromatic heterocycles. The molecule has 0 spiro atoms. The monoisotopic (exact) mass is 334 g/mol. The highest BCUT2D eigenvalue weighted by molar-refractivity contribution is 5.66. The minimum absolute atomic E-state index is 0.0469. The Hall–Kier alpha value is -1.62. The number of nitrogens with zero attached hydrogens (tertiary/aromatic N) is 2. The Balaban J connectivity index is 1.89. The van der Waals surface area contributed by atoms with Crippen molar-refractivity contribution >= 4 is 6.09 Å². The number of hydrogen-bond donors (Lipinski definition) is 2. The number of aliphatic hydroxyl groups is 1. The van der Waals surface area contributed by atoms with E-state index in [1.54, 1.807) is 11.1 Å². The summed E-state index contributed by atoms with van der Waals surface area (Å²) in [5, 5.41) is 19.6. The molecule has 1 unspecified atom stereocenters. The lowest BCUT2D eigenvalue weighted by Crippen LogP contribution is -2.41. The van der Waals surface area contributed by atoms with Crippen molar-refractivity contribution < 1.29 is 15.0 Å². The Kier molecular flexibility index (Phi) is 5.53. The zero-order chi connectivity index (χ0) is 18.0. The van der Waals surface area contributed by atoms with Gasteiger partial charge in [-0.05, 0) is 63.0 Å². The van der Waals surface area contributed by atoms with Crippen LogP contribution >= 0.6 is 0 Å². The average Bonchev–Trinajstić information content (AvgIpc) is 2.84. The van der Waals surface area contributed by atoms with Gasteiger partial charge < -0.3 is 15.1 Å². The molecule has 2 atom stereocenters. The molecular formula is C19H30N2O3. The van der Waals surface area contributed by atoms with Gasteiger partial charge in [-0.25, -0.2) is 4.79 Å². The van der Waals surface area contributed by atoms with Crippen LogP contribution in [0.1, 0.15) is 65.2 Å². The second kappa shape index (κ2) is 7.09. The Morgan fingerprint density at radius 3 is 2.71 bits per heavy atom. The predicted octanol–water partition coefficient (Wildman–Crippen LogP) is 4.09. The number of aliphatic hydroxyl groups excluding tert-OH is 1. The Bertz CT molecular complexity index is 557. The van der Waals surface area contributed by atoms with Gasteiger partial charge in [-0.15, -0.1) is 0 Å². The highest BCUT2D eigenvalue weighted by Crippen LogP contribution is 2.44. The highest BCUT2D eigenvalue weighted by Gasteiger charge is 2.46. The molecule has 5 heteroatoms. The van der Waals surface area contributed by atoms with Gasteiger partial charge in [0.05, 0.1) is 11.8 Å². The second-order valence-corrected chi connectivity index (χ2v) is 8.26. The first-order valence-corrected chi connectivity index (χ1v) is 8.73. The molecule has 1 fully saturated rings. The minimum Gasteiger partial charge on any atom is -0.465 e. The standard InChI is InChI=1S/C19H30N2O3/c1-18(2,14-12-19(3,4)21(13-14)17(23)24)10-7-9-16(22)15-8-5-6-11-20-15/h5-6,8,11,14,16,22H,7,9-10,12-13H2,1-4H3,(H,23,24)/t14-,16?/m1/s1.